The summed E-state index contributed by atoms with van der Waals surface area (Å²) in [5.74, 6) is 3.19. The molecule has 2 rings (SSSR count). The molecule has 1 aliphatic heterocycles. The summed E-state index contributed by atoms with van der Waals surface area (Å²) in [4.78, 5) is 8.60. The van der Waals surface area contributed by atoms with Gasteiger partial charge >= 0.3 is 0 Å². The molecular formula is C16H21FN4. The van der Waals surface area contributed by atoms with E-state index < -0.39 is 0 Å². The van der Waals surface area contributed by atoms with E-state index in [1.807, 2.05) is 19.1 Å². The van der Waals surface area contributed by atoms with Crippen LogP contribution in [0, 0.1) is 18.2 Å². The lowest BCUT2D eigenvalue weighted by atomic mass is 10.2. The van der Waals surface area contributed by atoms with Crippen molar-refractivity contribution in [3.05, 3.63) is 30.1 Å². The Morgan fingerprint density at radius 2 is 2.05 bits per heavy atom. The predicted molar refractivity (Wildman–Crippen MR) is 85.0 cm³/mol. The van der Waals surface area contributed by atoms with Crippen LogP contribution in [0.4, 0.5) is 10.1 Å². The average Bonchev–Trinajstić information content (AvgIpc) is 2.52. The minimum atomic E-state index is -0.168. The number of terminal acetylenes is 1. The van der Waals surface area contributed by atoms with Gasteiger partial charge < -0.3 is 15.1 Å². The molecule has 0 radical (unpaired) electrons. The van der Waals surface area contributed by atoms with Gasteiger partial charge in [-0.05, 0) is 19.1 Å². The van der Waals surface area contributed by atoms with Crippen molar-refractivity contribution in [1.29, 1.82) is 0 Å². The van der Waals surface area contributed by atoms with Gasteiger partial charge in [0.2, 0.25) is 0 Å². The standard InChI is InChI=1S/C16H21FN4/c1-3-9-19-16(18-4-2)21-12-10-20(11-13-21)15-8-6-5-7-14(15)17/h1,5-8H,4,9-13H2,2H3,(H,18,19). The van der Waals surface area contributed by atoms with Crippen LogP contribution in [0.1, 0.15) is 6.92 Å². The summed E-state index contributed by atoms with van der Waals surface area (Å²) in [5, 5.41) is 3.24. The molecule has 0 saturated carbocycles. The van der Waals surface area contributed by atoms with Crippen molar-refractivity contribution in [3.63, 3.8) is 0 Å². The Labute approximate surface area is 125 Å². The summed E-state index contributed by atoms with van der Waals surface area (Å²) in [6.45, 7) is 6.33. The highest BCUT2D eigenvalue weighted by atomic mass is 19.1. The maximum atomic E-state index is 13.8. The number of benzene rings is 1. The van der Waals surface area contributed by atoms with Gasteiger partial charge in [0.25, 0.3) is 0 Å². The number of rotatable bonds is 3. The first-order valence-electron chi connectivity index (χ1n) is 7.22. The average molecular weight is 288 g/mol. The largest absolute Gasteiger partial charge is 0.366 e. The van der Waals surface area contributed by atoms with E-state index in [-0.39, 0.29) is 5.82 Å². The van der Waals surface area contributed by atoms with Crippen LogP contribution < -0.4 is 10.2 Å². The molecule has 21 heavy (non-hydrogen) atoms. The molecule has 1 aliphatic rings. The van der Waals surface area contributed by atoms with Crippen molar-refractivity contribution in [3.8, 4) is 12.3 Å². The Bertz CT molecular complexity index is 527. The maximum absolute atomic E-state index is 13.8. The smallest absolute Gasteiger partial charge is 0.195 e. The molecule has 1 aromatic carbocycles. The van der Waals surface area contributed by atoms with Gasteiger partial charge in [0.05, 0.1) is 5.69 Å². The minimum Gasteiger partial charge on any atom is -0.366 e. The zero-order valence-electron chi connectivity index (χ0n) is 12.3. The molecule has 112 valence electrons. The van der Waals surface area contributed by atoms with E-state index in [0.29, 0.717) is 12.2 Å². The lowest BCUT2D eigenvalue weighted by molar-refractivity contribution is 0.371. The summed E-state index contributed by atoms with van der Waals surface area (Å²) in [6.07, 6.45) is 5.26. The Morgan fingerprint density at radius 1 is 1.33 bits per heavy atom. The van der Waals surface area contributed by atoms with Gasteiger partial charge in [0, 0.05) is 32.7 Å². The summed E-state index contributed by atoms with van der Waals surface area (Å²) in [5.41, 5.74) is 0.669. The number of anilines is 1. The van der Waals surface area contributed by atoms with Gasteiger partial charge in [-0.25, -0.2) is 9.38 Å². The van der Waals surface area contributed by atoms with E-state index in [0.717, 1.165) is 38.7 Å². The van der Waals surface area contributed by atoms with Gasteiger partial charge in [0.1, 0.15) is 12.4 Å². The quantitative estimate of drug-likeness (QED) is 0.520. The zero-order chi connectivity index (χ0) is 15.1. The molecule has 1 aromatic rings. The third kappa shape index (κ3) is 3.88. The SMILES string of the molecule is C#CCN=C(NCC)N1CCN(c2ccccc2F)CC1. The fraction of sp³-hybridized carbons (Fsp3) is 0.438. The topological polar surface area (TPSA) is 30.9 Å². The molecule has 5 heteroatoms. The fourth-order valence-corrected chi connectivity index (χ4v) is 2.41. The number of para-hydroxylation sites is 1. The molecule has 0 spiro atoms. The molecule has 0 aliphatic carbocycles. The molecule has 4 nitrogen and oxygen atoms in total. The first-order chi connectivity index (χ1) is 10.3. The third-order valence-electron chi connectivity index (χ3n) is 3.43. The van der Waals surface area contributed by atoms with Crippen LogP contribution in [0.2, 0.25) is 0 Å². The molecule has 0 bridgehead atoms. The number of hydrogen-bond donors (Lipinski definition) is 1. The summed E-state index contributed by atoms with van der Waals surface area (Å²) in [6, 6.07) is 6.90. The van der Waals surface area contributed by atoms with Crippen molar-refractivity contribution in [2.75, 3.05) is 44.2 Å². The number of halogens is 1. The number of nitrogens with one attached hydrogen (secondary N) is 1. The normalized spacial score (nSPS) is 15.8. The van der Waals surface area contributed by atoms with Gasteiger partial charge in [0.15, 0.2) is 5.96 Å². The van der Waals surface area contributed by atoms with Crippen LogP contribution in [-0.2, 0) is 0 Å². The fourth-order valence-electron chi connectivity index (χ4n) is 2.41. The Hall–Kier alpha value is -2.22. The van der Waals surface area contributed by atoms with Crippen LogP contribution in [0.25, 0.3) is 0 Å². The second-order valence-electron chi connectivity index (χ2n) is 4.80. The molecule has 1 N–H and O–H groups in total. The third-order valence-corrected chi connectivity index (χ3v) is 3.43. The summed E-state index contributed by atoms with van der Waals surface area (Å²) >= 11 is 0. The van der Waals surface area contributed by atoms with Crippen molar-refractivity contribution in [1.82, 2.24) is 10.2 Å². The van der Waals surface area contributed by atoms with Crippen molar-refractivity contribution < 1.29 is 4.39 Å². The lowest BCUT2D eigenvalue weighted by Gasteiger charge is -2.37. The van der Waals surface area contributed by atoms with Crippen LogP contribution in [0.5, 0.6) is 0 Å². The minimum absolute atomic E-state index is 0.168. The van der Waals surface area contributed by atoms with E-state index >= 15 is 0 Å². The Kier molecular flexibility index (Phi) is 5.44. The first-order valence-corrected chi connectivity index (χ1v) is 7.22. The highest BCUT2D eigenvalue weighted by molar-refractivity contribution is 5.80. The number of hydrogen-bond acceptors (Lipinski definition) is 2. The van der Waals surface area contributed by atoms with Gasteiger partial charge in [-0.1, -0.05) is 18.1 Å². The number of aliphatic imine (C=N–C) groups is 1. The Balaban J connectivity index is 1.99. The van der Waals surface area contributed by atoms with Crippen LogP contribution >= 0.6 is 0 Å². The molecule has 0 atom stereocenters. The van der Waals surface area contributed by atoms with Crippen molar-refractivity contribution >= 4 is 11.6 Å². The maximum Gasteiger partial charge on any atom is 0.195 e. The molecule has 1 saturated heterocycles. The summed E-state index contributed by atoms with van der Waals surface area (Å²) < 4.78 is 13.8. The lowest BCUT2D eigenvalue weighted by Crippen LogP contribution is -2.52. The number of guanidine groups is 1. The van der Waals surface area contributed by atoms with Crippen LogP contribution in [0.3, 0.4) is 0 Å². The van der Waals surface area contributed by atoms with Crippen molar-refractivity contribution in [2.24, 2.45) is 4.99 Å². The Morgan fingerprint density at radius 3 is 2.67 bits per heavy atom. The monoisotopic (exact) mass is 288 g/mol. The van der Waals surface area contributed by atoms with E-state index in [1.54, 1.807) is 6.07 Å². The second-order valence-corrected chi connectivity index (χ2v) is 4.80. The van der Waals surface area contributed by atoms with Gasteiger partial charge in [-0.3, -0.25) is 0 Å². The molecule has 0 amide bonds. The highest BCUT2D eigenvalue weighted by Crippen LogP contribution is 2.20. The number of piperazine rings is 1. The van der Waals surface area contributed by atoms with Crippen LogP contribution in [0.15, 0.2) is 29.3 Å². The number of nitrogens with zero attached hydrogens (tertiary/aromatic N) is 3. The van der Waals surface area contributed by atoms with Gasteiger partial charge in [-0.2, -0.15) is 0 Å². The van der Waals surface area contributed by atoms with E-state index in [1.165, 1.54) is 6.07 Å². The van der Waals surface area contributed by atoms with E-state index in [2.05, 4.69) is 26.0 Å². The first kappa shape index (κ1) is 15.2. The second kappa shape index (κ2) is 7.53. The molecular weight excluding hydrogens is 267 g/mol. The van der Waals surface area contributed by atoms with Crippen molar-refractivity contribution in [2.45, 2.75) is 6.92 Å². The predicted octanol–water partition coefficient (Wildman–Crippen LogP) is 1.55. The van der Waals surface area contributed by atoms with Gasteiger partial charge in [-0.15, -0.1) is 6.42 Å². The molecule has 1 heterocycles. The van der Waals surface area contributed by atoms with E-state index in [4.69, 9.17) is 6.42 Å². The summed E-state index contributed by atoms with van der Waals surface area (Å²) in [7, 11) is 0. The highest BCUT2D eigenvalue weighted by Gasteiger charge is 2.21. The van der Waals surface area contributed by atoms with E-state index in [9.17, 15) is 4.39 Å². The molecule has 0 unspecified atom stereocenters. The molecule has 1 fully saturated rings. The van der Waals surface area contributed by atoms with Crippen LogP contribution in [-0.4, -0.2) is 50.1 Å². The molecule has 0 aromatic heterocycles. The zero-order valence-corrected chi connectivity index (χ0v) is 12.3.